The Balaban J connectivity index is 1.44. The third kappa shape index (κ3) is 15.7. The van der Waals surface area contributed by atoms with Crippen LogP contribution in [0.4, 0.5) is 20.4 Å². The lowest BCUT2D eigenvalue weighted by molar-refractivity contribution is -0.163. The molecular formula is C46H56N8O13S2. The van der Waals surface area contributed by atoms with Crippen LogP contribution in [0.25, 0.3) is 0 Å². The molecule has 0 bridgehead atoms. The number of β-lactam (4-membered cyclic amide) rings is 1. The van der Waals surface area contributed by atoms with Crippen LogP contribution in [-0.2, 0) is 43.7 Å². The molecule has 2 heterocycles. The Bertz CT molecular complexity index is 2580. The average molecular weight is 993 g/mol. The van der Waals surface area contributed by atoms with Gasteiger partial charge in [-0.15, -0.1) is 11.3 Å². The number of hydrogen-bond acceptors (Lipinski definition) is 17. The first-order valence-electron chi connectivity index (χ1n) is 21.5. The van der Waals surface area contributed by atoms with E-state index < -0.39 is 88.1 Å². The summed E-state index contributed by atoms with van der Waals surface area (Å²) in [5.41, 5.74) is 0.275. The van der Waals surface area contributed by atoms with Crippen molar-refractivity contribution >= 4 is 74.4 Å². The Morgan fingerprint density at radius 2 is 1.54 bits per heavy atom. The van der Waals surface area contributed by atoms with Crippen molar-refractivity contribution in [3.63, 3.8) is 0 Å². The molecule has 1 fully saturated rings. The molecule has 1 aromatic heterocycles. The van der Waals surface area contributed by atoms with Gasteiger partial charge in [-0.2, -0.15) is 8.42 Å². The molecule has 1 saturated heterocycles. The van der Waals surface area contributed by atoms with E-state index in [4.69, 9.17) is 23.8 Å². The van der Waals surface area contributed by atoms with Gasteiger partial charge in [-0.05, 0) is 84.2 Å². The van der Waals surface area contributed by atoms with Crippen molar-refractivity contribution in [2.75, 3.05) is 37.4 Å². The zero-order chi connectivity index (χ0) is 50.5. The first-order valence-corrected chi connectivity index (χ1v) is 23.8. The topological polar surface area (TPSA) is 275 Å². The van der Waals surface area contributed by atoms with Crippen molar-refractivity contribution in [2.24, 2.45) is 10.1 Å². The highest BCUT2D eigenvalue weighted by Crippen LogP contribution is 2.28. The predicted molar refractivity (Wildman–Crippen MR) is 257 cm³/mol. The molecule has 0 spiro atoms. The van der Waals surface area contributed by atoms with Crippen LogP contribution in [0, 0.1) is 0 Å². The number of ether oxygens (including phenoxy) is 4. The minimum absolute atomic E-state index is 0.0277. The van der Waals surface area contributed by atoms with Crippen LogP contribution < -0.4 is 26.0 Å². The number of thiazole rings is 1. The van der Waals surface area contributed by atoms with Gasteiger partial charge in [0, 0.05) is 43.0 Å². The van der Waals surface area contributed by atoms with Gasteiger partial charge >= 0.3 is 28.5 Å². The van der Waals surface area contributed by atoms with Crippen LogP contribution in [0.15, 0.2) is 94.4 Å². The number of aromatic nitrogens is 1. The zero-order valence-corrected chi connectivity index (χ0v) is 40.9. The van der Waals surface area contributed by atoms with Gasteiger partial charge in [-0.1, -0.05) is 65.8 Å². The number of rotatable bonds is 20. The van der Waals surface area contributed by atoms with E-state index >= 15 is 0 Å². The Morgan fingerprint density at radius 3 is 2.12 bits per heavy atom. The molecule has 23 heteroatoms. The van der Waals surface area contributed by atoms with Gasteiger partial charge in [-0.25, -0.2) is 23.7 Å². The molecule has 3 aromatic carbocycles. The Morgan fingerprint density at radius 1 is 0.913 bits per heavy atom. The minimum atomic E-state index is -4.94. The molecule has 69 heavy (non-hydrogen) atoms. The fourth-order valence-corrected chi connectivity index (χ4v) is 7.97. The van der Waals surface area contributed by atoms with E-state index in [2.05, 4.69) is 36.4 Å². The highest BCUT2D eigenvalue weighted by atomic mass is 32.2. The predicted octanol–water partition coefficient (Wildman–Crippen LogP) is 5.88. The normalized spacial score (nSPS) is 15.7. The van der Waals surface area contributed by atoms with Crippen LogP contribution in [-0.4, -0.2) is 120 Å². The summed E-state index contributed by atoms with van der Waals surface area (Å²) in [5.74, 6) is -2.93. The lowest BCUT2D eigenvalue weighted by Gasteiger charge is -2.42. The van der Waals surface area contributed by atoms with Gasteiger partial charge < -0.3 is 39.7 Å². The summed E-state index contributed by atoms with van der Waals surface area (Å²) in [6.07, 6.45) is -1.84. The maximum Gasteiger partial charge on any atom is 0.413 e. The molecule has 2 unspecified atom stereocenters. The lowest BCUT2D eigenvalue weighted by Crippen LogP contribution is -2.71. The van der Waals surface area contributed by atoms with E-state index in [1.165, 1.54) is 12.3 Å². The second-order valence-corrected chi connectivity index (χ2v) is 19.4. The van der Waals surface area contributed by atoms with Crippen LogP contribution in [0.5, 0.6) is 5.75 Å². The van der Waals surface area contributed by atoms with Gasteiger partial charge in [0.2, 0.25) is 0 Å². The molecule has 0 radical (unpaired) electrons. The summed E-state index contributed by atoms with van der Waals surface area (Å²) in [5, 5.41) is 16.2. The van der Waals surface area contributed by atoms with Crippen molar-refractivity contribution in [1.29, 1.82) is 0 Å². The molecule has 1 aliphatic rings. The molecular weight excluding hydrogens is 937 g/mol. The summed E-state index contributed by atoms with van der Waals surface area (Å²) < 4.78 is 56.2. The first kappa shape index (κ1) is 52.9. The standard InChI is InChI=1S/C46H56N8O13S2/c1-28-36(40(56)54(28)69(60,61)62)51-39(55)37(34-27-68-42(50-34)52-44(59)66-46(5,6)7)53-67-35(41(57)64-38(29-16-11-9-12-17-29)30-18-13-10-14-19-30)26-63-32-20-21-33(31(24-32)25-47-8)48-22-15-23-49-43(58)65-45(2,3)4/h9-14,16-21,24-25,27-28,35-36,38,48H,15,22-23,26H2,1-8H3,(H,49,58)(H,51,55)(H,50,52,59)(H,60,61,62)/b47-25?,53-37-/t28-,35?,36?/m0/s1. The minimum Gasteiger partial charge on any atom is -0.489 e. The fraction of sp³-hybridized carbons (Fsp3) is 0.391. The molecule has 1 aliphatic heterocycles. The number of hydrogen-bond donors (Lipinski definition) is 5. The maximum atomic E-state index is 14.4. The average Bonchev–Trinajstić information content (AvgIpc) is 3.72. The number of carbonyl (C=O) groups is 5. The number of esters is 1. The molecule has 0 saturated carbocycles. The van der Waals surface area contributed by atoms with Crippen LogP contribution in [0.3, 0.4) is 0 Å². The number of carbonyl (C=O) groups excluding carboxylic acids is 5. The molecule has 4 amide bonds. The summed E-state index contributed by atoms with van der Waals surface area (Å²) >= 11 is 0.880. The lowest BCUT2D eigenvalue weighted by atomic mass is 10.0. The van der Waals surface area contributed by atoms with Gasteiger partial charge in [0.1, 0.15) is 35.3 Å². The van der Waals surface area contributed by atoms with Crippen molar-refractivity contribution in [3.8, 4) is 5.75 Å². The van der Waals surface area contributed by atoms with Crippen LogP contribution >= 0.6 is 11.3 Å². The molecule has 0 aliphatic carbocycles. The Labute approximate surface area is 403 Å². The van der Waals surface area contributed by atoms with E-state index in [1.807, 2.05) is 12.1 Å². The molecule has 5 N–H and O–H groups in total. The molecule has 4 aromatic rings. The van der Waals surface area contributed by atoms with E-state index in [0.717, 1.165) is 11.3 Å². The quantitative estimate of drug-likeness (QED) is 0.0131. The second kappa shape index (κ2) is 23.3. The van der Waals surface area contributed by atoms with Crippen LogP contribution in [0.1, 0.15) is 83.4 Å². The highest BCUT2D eigenvalue weighted by molar-refractivity contribution is 7.84. The third-order valence-electron chi connectivity index (χ3n) is 9.44. The number of alkyl carbamates (subject to hydrolysis) is 1. The van der Waals surface area contributed by atoms with Gasteiger partial charge in [0.05, 0.1) is 6.04 Å². The van der Waals surface area contributed by atoms with Crippen molar-refractivity contribution < 1.29 is 60.7 Å². The molecule has 21 nitrogen and oxygen atoms in total. The Hall–Kier alpha value is -7.11. The van der Waals surface area contributed by atoms with Gasteiger partial charge in [0.15, 0.2) is 16.9 Å². The second-order valence-electron chi connectivity index (χ2n) is 17.3. The van der Waals surface area contributed by atoms with Gasteiger partial charge in [-0.3, -0.25) is 24.5 Å². The van der Waals surface area contributed by atoms with E-state index in [0.29, 0.717) is 41.9 Å². The number of nitrogens with zero attached hydrogens (tertiary/aromatic N) is 4. The zero-order valence-electron chi connectivity index (χ0n) is 39.2. The number of amides is 4. The number of benzene rings is 3. The summed E-state index contributed by atoms with van der Waals surface area (Å²) in [7, 11) is -3.35. The number of oxime groups is 1. The van der Waals surface area contributed by atoms with E-state index in [-0.39, 0.29) is 20.9 Å². The van der Waals surface area contributed by atoms with E-state index in [9.17, 15) is 36.9 Å². The van der Waals surface area contributed by atoms with Gasteiger partial charge in [0.25, 0.3) is 17.9 Å². The van der Waals surface area contributed by atoms with Crippen molar-refractivity contribution in [2.45, 2.75) is 90.4 Å². The number of anilines is 2. The maximum absolute atomic E-state index is 14.4. The largest absolute Gasteiger partial charge is 0.489 e. The van der Waals surface area contributed by atoms with Crippen molar-refractivity contribution in [1.82, 2.24) is 19.9 Å². The Kier molecular flexibility index (Phi) is 17.8. The third-order valence-corrected chi connectivity index (χ3v) is 11.2. The number of nitrogens with one attached hydrogen (secondary N) is 4. The number of aliphatic imine (C=N–C) groups is 1. The van der Waals surface area contributed by atoms with Crippen molar-refractivity contribution in [3.05, 3.63) is 107 Å². The molecule has 370 valence electrons. The highest BCUT2D eigenvalue weighted by Gasteiger charge is 2.51. The monoisotopic (exact) mass is 992 g/mol. The van der Waals surface area contributed by atoms with E-state index in [1.54, 1.807) is 122 Å². The smallest absolute Gasteiger partial charge is 0.413 e. The molecule has 3 atom stereocenters. The first-order chi connectivity index (χ1) is 32.5. The summed E-state index contributed by atoms with van der Waals surface area (Å²) in [4.78, 5) is 80.1. The molecule has 5 rings (SSSR count). The van der Waals surface area contributed by atoms with Crippen LogP contribution in [0.2, 0.25) is 0 Å². The SMILES string of the molecule is CN=Cc1cc(OCC(O/N=C(\C(=O)NC2C(=O)N(S(=O)(=O)O)[C@H]2C)c2csc(NC(=O)OC(C)(C)C)n2)C(=O)OC(c2ccccc2)c2ccccc2)ccc1NCCCNC(=O)OC(C)(C)C. The summed E-state index contributed by atoms with van der Waals surface area (Å²) in [6, 6.07) is 20.3. The fourth-order valence-electron chi connectivity index (χ4n) is 6.41. The summed E-state index contributed by atoms with van der Waals surface area (Å²) in [6.45, 7) is 11.9.